The molecule has 1 unspecified atom stereocenters. The van der Waals surface area contributed by atoms with Crippen LogP contribution in [0.15, 0.2) is 89.6 Å². The van der Waals surface area contributed by atoms with Gasteiger partial charge in [0.2, 0.25) is 5.91 Å². The zero-order valence-corrected chi connectivity index (χ0v) is 21.4. The highest BCUT2D eigenvalue weighted by Gasteiger charge is 2.22. The molecule has 0 bridgehead atoms. The molecule has 5 rings (SSSR count). The number of amides is 1. The number of aromatic amines is 1. The molecular weight excluding hydrogens is 533 g/mol. The third-order valence-corrected chi connectivity index (χ3v) is 6.44. The van der Waals surface area contributed by atoms with Crippen molar-refractivity contribution >= 4 is 22.6 Å². The van der Waals surface area contributed by atoms with Crippen molar-refractivity contribution < 1.29 is 18.0 Å². The highest BCUT2D eigenvalue weighted by atomic mass is 19.1. The fraction of sp³-hybridized carbons (Fsp3) is 0.103. The highest BCUT2D eigenvalue weighted by Crippen LogP contribution is 2.30. The van der Waals surface area contributed by atoms with E-state index in [1.165, 1.54) is 30.5 Å². The lowest BCUT2D eigenvalue weighted by molar-refractivity contribution is -0.121. The molecule has 12 heteroatoms. The molecule has 0 saturated carbocycles. The van der Waals surface area contributed by atoms with Crippen LogP contribution in [0.25, 0.3) is 22.0 Å². The molecule has 0 radical (unpaired) electrons. The number of carbonyl (C=O) groups excluding carboxylic acids is 1. The molecule has 3 heterocycles. The van der Waals surface area contributed by atoms with Crippen molar-refractivity contribution in [3.05, 3.63) is 119 Å². The van der Waals surface area contributed by atoms with Crippen LogP contribution in [-0.2, 0) is 17.6 Å². The topological polar surface area (TPSA) is 145 Å². The Bertz CT molecular complexity index is 1770. The van der Waals surface area contributed by atoms with Gasteiger partial charge in [0.1, 0.15) is 23.1 Å². The van der Waals surface area contributed by atoms with Crippen molar-refractivity contribution in [2.75, 3.05) is 0 Å². The summed E-state index contributed by atoms with van der Waals surface area (Å²) in [5.74, 6) is -2.40. The Balaban J connectivity index is 1.52. The second-order valence-corrected chi connectivity index (χ2v) is 9.23. The number of amidine groups is 1. The number of carbonyl (C=O) groups is 1. The lowest BCUT2D eigenvalue weighted by Gasteiger charge is -2.22. The van der Waals surface area contributed by atoms with Gasteiger partial charge in [-0.25, -0.2) is 13.2 Å². The maximum absolute atomic E-state index is 14.1. The van der Waals surface area contributed by atoms with E-state index in [1.54, 1.807) is 42.7 Å². The van der Waals surface area contributed by atoms with E-state index in [0.29, 0.717) is 38.9 Å². The average molecular weight is 557 g/mol. The number of nitrogens with zero attached hydrogens (tertiary/aromatic N) is 4. The first-order chi connectivity index (χ1) is 19.8. The van der Waals surface area contributed by atoms with Crippen LogP contribution in [0.4, 0.5) is 13.2 Å². The largest absolute Gasteiger partial charge is 0.380 e. The van der Waals surface area contributed by atoms with Gasteiger partial charge in [0.25, 0.3) is 0 Å². The first-order valence-corrected chi connectivity index (χ1v) is 12.4. The van der Waals surface area contributed by atoms with Gasteiger partial charge < -0.3 is 16.0 Å². The SMILES string of the molecule is N=NN=C(N)c1cc(-c2cccnc2C(Cc2cc(F)cc(F)c2)NC(=O)Cc2c[nH]c3ccc(F)cc23)ccn1. The Morgan fingerprint density at radius 1 is 1.00 bits per heavy atom. The highest BCUT2D eigenvalue weighted by molar-refractivity contribution is 5.96. The van der Waals surface area contributed by atoms with E-state index in [2.05, 4.69) is 30.6 Å². The van der Waals surface area contributed by atoms with Gasteiger partial charge in [0, 0.05) is 41.1 Å². The quantitative estimate of drug-likeness (QED) is 0.0841. The molecule has 206 valence electrons. The first-order valence-electron chi connectivity index (χ1n) is 12.4. The van der Waals surface area contributed by atoms with Gasteiger partial charge in [0.15, 0.2) is 5.84 Å². The fourth-order valence-corrected chi connectivity index (χ4v) is 4.68. The Kier molecular flexibility index (Phi) is 7.81. The Hall–Kier alpha value is -5.39. The molecule has 5 aromatic rings. The molecule has 41 heavy (non-hydrogen) atoms. The molecule has 1 atom stereocenters. The van der Waals surface area contributed by atoms with E-state index in [4.69, 9.17) is 11.3 Å². The number of benzene rings is 2. The summed E-state index contributed by atoms with van der Waals surface area (Å²) in [5, 5.41) is 9.97. The van der Waals surface area contributed by atoms with Crippen LogP contribution in [0.1, 0.15) is 28.6 Å². The third kappa shape index (κ3) is 6.27. The predicted molar refractivity (Wildman–Crippen MR) is 146 cm³/mol. The standard InChI is InChI=1S/C29H23F3N8O/c30-19-3-4-24-23(14-19)18(15-37-24)12-27(41)38-25(10-16-8-20(31)13-21(32)9-16)28-22(2-1-6-36-28)17-5-7-35-26(11-17)29(33)39-40-34/h1-9,11,13-15,25,37H,10,12H2,(H,38,41)(H3,33,34,39). The van der Waals surface area contributed by atoms with E-state index in [1.807, 2.05) is 0 Å². The summed E-state index contributed by atoms with van der Waals surface area (Å²) < 4.78 is 42.0. The smallest absolute Gasteiger partial charge is 0.225 e. The molecule has 0 aliphatic rings. The Labute approximate surface area is 231 Å². The van der Waals surface area contributed by atoms with Crippen molar-refractivity contribution in [1.29, 1.82) is 5.53 Å². The monoisotopic (exact) mass is 556 g/mol. The third-order valence-electron chi connectivity index (χ3n) is 6.44. The molecule has 0 fully saturated rings. The molecule has 5 N–H and O–H groups in total. The van der Waals surface area contributed by atoms with Gasteiger partial charge in [-0.15, -0.1) is 5.10 Å². The van der Waals surface area contributed by atoms with Gasteiger partial charge in [-0.05, 0) is 71.6 Å². The second-order valence-electron chi connectivity index (χ2n) is 9.23. The van der Waals surface area contributed by atoms with Crippen LogP contribution < -0.4 is 11.1 Å². The van der Waals surface area contributed by atoms with Crippen molar-refractivity contribution in [1.82, 2.24) is 20.3 Å². The summed E-state index contributed by atoms with van der Waals surface area (Å²) in [4.78, 5) is 25.1. The number of halogens is 3. The van der Waals surface area contributed by atoms with E-state index in [-0.39, 0.29) is 24.4 Å². The number of aromatic nitrogens is 3. The molecule has 9 nitrogen and oxygen atoms in total. The van der Waals surface area contributed by atoms with Crippen LogP contribution in [0.2, 0.25) is 0 Å². The summed E-state index contributed by atoms with van der Waals surface area (Å²) in [6, 6.07) is 13.4. The molecular formula is C29H23F3N8O. The zero-order valence-electron chi connectivity index (χ0n) is 21.4. The van der Waals surface area contributed by atoms with E-state index >= 15 is 0 Å². The van der Waals surface area contributed by atoms with E-state index in [0.717, 1.165) is 6.07 Å². The number of nitrogens with two attached hydrogens (primary N) is 1. The summed E-state index contributed by atoms with van der Waals surface area (Å²) in [6.07, 6.45) is 4.62. The van der Waals surface area contributed by atoms with Crippen LogP contribution in [0, 0.1) is 23.0 Å². The Morgan fingerprint density at radius 2 is 1.80 bits per heavy atom. The van der Waals surface area contributed by atoms with Crippen molar-refractivity contribution in [3.8, 4) is 11.1 Å². The fourth-order valence-electron chi connectivity index (χ4n) is 4.68. The average Bonchev–Trinajstić information content (AvgIpc) is 3.33. The summed E-state index contributed by atoms with van der Waals surface area (Å²) in [6.45, 7) is 0. The van der Waals surface area contributed by atoms with Crippen LogP contribution >= 0.6 is 0 Å². The molecule has 2 aromatic carbocycles. The minimum atomic E-state index is -0.812. The maximum Gasteiger partial charge on any atom is 0.225 e. The lowest BCUT2D eigenvalue weighted by atomic mass is 9.95. The summed E-state index contributed by atoms with van der Waals surface area (Å²) in [7, 11) is 0. The van der Waals surface area contributed by atoms with Gasteiger partial charge in [-0.1, -0.05) is 11.3 Å². The molecule has 0 spiro atoms. The number of fused-ring (bicyclic) bond motifs is 1. The molecule has 3 aromatic heterocycles. The zero-order chi connectivity index (χ0) is 28.9. The number of H-pyrrole nitrogens is 1. The molecule has 0 saturated heterocycles. The van der Waals surface area contributed by atoms with Crippen molar-refractivity contribution in [2.24, 2.45) is 16.1 Å². The predicted octanol–water partition coefficient (Wildman–Crippen LogP) is 5.34. The Morgan fingerprint density at radius 3 is 2.59 bits per heavy atom. The number of hydrogen-bond donors (Lipinski definition) is 4. The van der Waals surface area contributed by atoms with Crippen LogP contribution in [0.3, 0.4) is 0 Å². The van der Waals surface area contributed by atoms with Crippen molar-refractivity contribution in [3.63, 3.8) is 0 Å². The molecule has 1 amide bonds. The molecule has 0 aliphatic heterocycles. The number of pyridine rings is 2. The lowest BCUT2D eigenvalue weighted by Crippen LogP contribution is -2.32. The number of rotatable bonds is 9. The maximum atomic E-state index is 14.1. The first kappa shape index (κ1) is 27.2. The number of hydrogen-bond acceptors (Lipinski definition) is 5. The summed E-state index contributed by atoms with van der Waals surface area (Å²) in [5.41, 5.74) is 16.3. The van der Waals surface area contributed by atoms with Crippen molar-refractivity contribution in [2.45, 2.75) is 18.9 Å². The van der Waals surface area contributed by atoms with Crippen LogP contribution in [0.5, 0.6) is 0 Å². The number of nitrogens with one attached hydrogen (secondary N) is 3. The van der Waals surface area contributed by atoms with E-state index < -0.39 is 29.4 Å². The summed E-state index contributed by atoms with van der Waals surface area (Å²) >= 11 is 0. The van der Waals surface area contributed by atoms with E-state index in [9.17, 15) is 18.0 Å². The second kappa shape index (κ2) is 11.8. The normalized spacial score (nSPS) is 12.3. The molecule has 0 aliphatic carbocycles. The van der Waals surface area contributed by atoms with Crippen LogP contribution in [-0.4, -0.2) is 26.7 Å². The minimum Gasteiger partial charge on any atom is -0.380 e. The minimum absolute atomic E-state index is 0.0200. The van der Waals surface area contributed by atoms with Gasteiger partial charge >= 0.3 is 0 Å². The van der Waals surface area contributed by atoms with Gasteiger partial charge in [0.05, 0.1) is 18.2 Å². The van der Waals surface area contributed by atoms with Gasteiger partial charge in [-0.2, -0.15) is 5.53 Å². The van der Waals surface area contributed by atoms with Gasteiger partial charge in [-0.3, -0.25) is 14.8 Å².